The first-order valence-electron chi connectivity index (χ1n) is 6.57. The SMILES string of the molecule is O=C(CCCN1CCNCC1)NC1CCC1. The van der Waals surface area contributed by atoms with Gasteiger partial charge in [0.15, 0.2) is 0 Å². The van der Waals surface area contributed by atoms with Crippen LogP contribution in [0.1, 0.15) is 32.1 Å². The van der Waals surface area contributed by atoms with Crippen LogP contribution in [0.15, 0.2) is 0 Å². The topological polar surface area (TPSA) is 44.4 Å². The van der Waals surface area contributed by atoms with Crippen molar-refractivity contribution in [2.75, 3.05) is 32.7 Å². The lowest BCUT2D eigenvalue weighted by Gasteiger charge is -2.28. The second-order valence-corrected chi connectivity index (χ2v) is 4.89. The van der Waals surface area contributed by atoms with Crippen LogP contribution in [0.3, 0.4) is 0 Å². The van der Waals surface area contributed by atoms with Crippen molar-refractivity contribution in [2.45, 2.75) is 38.1 Å². The molecule has 92 valence electrons. The molecule has 4 heteroatoms. The van der Waals surface area contributed by atoms with Crippen LogP contribution >= 0.6 is 0 Å². The second-order valence-electron chi connectivity index (χ2n) is 4.89. The molecule has 2 N–H and O–H groups in total. The van der Waals surface area contributed by atoms with Crippen molar-refractivity contribution in [3.8, 4) is 0 Å². The molecular formula is C12H23N3O. The van der Waals surface area contributed by atoms with Gasteiger partial charge in [0.25, 0.3) is 0 Å². The predicted octanol–water partition coefficient (Wildman–Crippen LogP) is 0.341. The van der Waals surface area contributed by atoms with E-state index in [1.807, 2.05) is 0 Å². The van der Waals surface area contributed by atoms with E-state index in [9.17, 15) is 4.79 Å². The lowest BCUT2D eigenvalue weighted by Crippen LogP contribution is -2.44. The van der Waals surface area contributed by atoms with Gasteiger partial charge in [-0.05, 0) is 32.2 Å². The van der Waals surface area contributed by atoms with E-state index >= 15 is 0 Å². The molecule has 2 fully saturated rings. The number of amides is 1. The summed E-state index contributed by atoms with van der Waals surface area (Å²) < 4.78 is 0. The van der Waals surface area contributed by atoms with E-state index in [4.69, 9.17) is 0 Å². The molecule has 0 aromatic heterocycles. The Kier molecular flexibility index (Phi) is 4.60. The van der Waals surface area contributed by atoms with E-state index in [-0.39, 0.29) is 5.91 Å². The summed E-state index contributed by atoms with van der Waals surface area (Å²) in [4.78, 5) is 14.0. The maximum atomic E-state index is 11.5. The van der Waals surface area contributed by atoms with Crippen LogP contribution in [0.25, 0.3) is 0 Å². The van der Waals surface area contributed by atoms with Gasteiger partial charge in [-0.3, -0.25) is 4.79 Å². The molecule has 0 bridgehead atoms. The Labute approximate surface area is 97.8 Å². The molecule has 1 amide bonds. The number of piperazine rings is 1. The zero-order chi connectivity index (χ0) is 11.2. The van der Waals surface area contributed by atoms with Crippen LogP contribution in [-0.4, -0.2) is 49.6 Å². The summed E-state index contributed by atoms with van der Waals surface area (Å²) in [5.41, 5.74) is 0. The van der Waals surface area contributed by atoms with Gasteiger partial charge in [0.2, 0.25) is 5.91 Å². The first-order chi connectivity index (χ1) is 7.84. The van der Waals surface area contributed by atoms with E-state index in [1.54, 1.807) is 0 Å². The quantitative estimate of drug-likeness (QED) is 0.709. The average molecular weight is 225 g/mol. The minimum absolute atomic E-state index is 0.250. The smallest absolute Gasteiger partial charge is 0.220 e. The lowest BCUT2D eigenvalue weighted by molar-refractivity contribution is -0.122. The molecule has 0 aromatic carbocycles. The predicted molar refractivity (Wildman–Crippen MR) is 64.3 cm³/mol. The van der Waals surface area contributed by atoms with Gasteiger partial charge in [-0.2, -0.15) is 0 Å². The molecule has 1 heterocycles. The third-order valence-electron chi connectivity index (χ3n) is 3.56. The standard InChI is InChI=1S/C12H23N3O/c16-12(14-11-3-1-4-11)5-2-8-15-9-6-13-7-10-15/h11,13H,1-10H2,(H,14,16). The molecule has 4 nitrogen and oxygen atoms in total. The highest BCUT2D eigenvalue weighted by Gasteiger charge is 2.19. The number of nitrogens with one attached hydrogen (secondary N) is 2. The Morgan fingerprint density at radius 1 is 1.31 bits per heavy atom. The van der Waals surface area contributed by atoms with Crippen molar-refractivity contribution in [1.82, 2.24) is 15.5 Å². The Morgan fingerprint density at radius 2 is 2.06 bits per heavy atom. The fourth-order valence-corrected chi connectivity index (χ4v) is 2.25. The molecule has 1 saturated carbocycles. The first-order valence-corrected chi connectivity index (χ1v) is 6.57. The largest absolute Gasteiger partial charge is 0.353 e. The number of nitrogens with zero attached hydrogens (tertiary/aromatic N) is 1. The van der Waals surface area contributed by atoms with Crippen LogP contribution in [0.2, 0.25) is 0 Å². The summed E-state index contributed by atoms with van der Waals surface area (Å²) in [6.45, 7) is 5.51. The number of rotatable bonds is 5. The van der Waals surface area contributed by atoms with Gasteiger partial charge in [-0.15, -0.1) is 0 Å². The highest BCUT2D eigenvalue weighted by molar-refractivity contribution is 5.76. The van der Waals surface area contributed by atoms with Gasteiger partial charge in [-0.25, -0.2) is 0 Å². The average Bonchev–Trinajstić information content (AvgIpc) is 2.25. The third kappa shape index (κ3) is 3.76. The molecule has 1 aliphatic heterocycles. The van der Waals surface area contributed by atoms with Crippen molar-refractivity contribution in [3.05, 3.63) is 0 Å². The zero-order valence-electron chi connectivity index (χ0n) is 10.0. The molecule has 1 aliphatic carbocycles. The normalized spacial score (nSPS) is 22.8. The van der Waals surface area contributed by atoms with E-state index in [0.29, 0.717) is 12.5 Å². The molecule has 1 saturated heterocycles. The summed E-state index contributed by atoms with van der Waals surface area (Å²) >= 11 is 0. The minimum Gasteiger partial charge on any atom is -0.353 e. The van der Waals surface area contributed by atoms with Gasteiger partial charge < -0.3 is 15.5 Å². The molecule has 0 radical (unpaired) electrons. The molecule has 0 unspecified atom stereocenters. The maximum absolute atomic E-state index is 11.5. The molecule has 16 heavy (non-hydrogen) atoms. The van der Waals surface area contributed by atoms with Gasteiger partial charge in [0.05, 0.1) is 0 Å². The van der Waals surface area contributed by atoms with Gasteiger partial charge in [-0.1, -0.05) is 0 Å². The highest BCUT2D eigenvalue weighted by atomic mass is 16.1. The zero-order valence-corrected chi connectivity index (χ0v) is 10.0. The molecule has 2 aliphatic rings. The lowest BCUT2D eigenvalue weighted by atomic mass is 9.93. The van der Waals surface area contributed by atoms with Crippen molar-refractivity contribution in [2.24, 2.45) is 0 Å². The second kappa shape index (κ2) is 6.21. The summed E-state index contributed by atoms with van der Waals surface area (Å²) in [6, 6.07) is 0.492. The fourth-order valence-electron chi connectivity index (χ4n) is 2.25. The van der Waals surface area contributed by atoms with Crippen molar-refractivity contribution >= 4 is 5.91 Å². The van der Waals surface area contributed by atoms with Crippen molar-refractivity contribution < 1.29 is 4.79 Å². The summed E-state index contributed by atoms with van der Waals surface area (Å²) in [6.07, 6.45) is 5.35. The number of carbonyl (C=O) groups is 1. The van der Waals surface area contributed by atoms with Crippen LogP contribution in [0, 0.1) is 0 Å². The molecule has 0 aromatic rings. The monoisotopic (exact) mass is 225 g/mol. The Morgan fingerprint density at radius 3 is 2.69 bits per heavy atom. The Hall–Kier alpha value is -0.610. The van der Waals surface area contributed by atoms with E-state index in [0.717, 1.165) is 39.1 Å². The van der Waals surface area contributed by atoms with Crippen molar-refractivity contribution in [3.63, 3.8) is 0 Å². The number of hydrogen-bond donors (Lipinski definition) is 2. The maximum Gasteiger partial charge on any atom is 0.220 e. The van der Waals surface area contributed by atoms with E-state index in [2.05, 4.69) is 15.5 Å². The van der Waals surface area contributed by atoms with Crippen LogP contribution in [0.4, 0.5) is 0 Å². The van der Waals surface area contributed by atoms with Gasteiger partial charge >= 0.3 is 0 Å². The number of carbonyl (C=O) groups excluding carboxylic acids is 1. The molecule has 2 rings (SSSR count). The highest BCUT2D eigenvalue weighted by Crippen LogP contribution is 2.18. The number of hydrogen-bond acceptors (Lipinski definition) is 3. The first kappa shape index (κ1) is 11.9. The van der Waals surface area contributed by atoms with Crippen LogP contribution in [0.5, 0.6) is 0 Å². The minimum atomic E-state index is 0.250. The summed E-state index contributed by atoms with van der Waals surface area (Å²) in [5.74, 6) is 0.250. The van der Waals surface area contributed by atoms with E-state index < -0.39 is 0 Å². The van der Waals surface area contributed by atoms with Crippen LogP contribution < -0.4 is 10.6 Å². The van der Waals surface area contributed by atoms with Gasteiger partial charge in [0, 0.05) is 38.6 Å². The Bertz CT molecular complexity index is 222. The molecule has 0 atom stereocenters. The van der Waals surface area contributed by atoms with Crippen molar-refractivity contribution in [1.29, 1.82) is 0 Å². The van der Waals surface area contributed by atoms with Gasteiger partial charge in [0.1, 0.15) is 0 Å². The van der Waals surface area contributed by atoms with E-state index in [1.165, 1.54) is 19.3 Å². The molecular weight excluding hydrogens is 202 g/mol. The molecule has 0 spiro atoms. The Balaban J connectivity index is 1.51. The fraction of sp³-hybridized carbons (Fsp3) is 0.917. The summed E-state index contributed by atoms with van der Waals surface area (Å²) in [7, 11) is 0. The summed E-state index contributed by atoms with van der Waals surface area (Å²) in [5, 5.41) is 6.42. The third-order valence-corrected chi connectivity index (χ3v) is 3.56. The van der Waals surface area contributed by atoms with Crippen LogP contribution in [-0.2, 0) is 4.79 Å².